The van der Waals surface area contributed by atoms with Crippen molar-refractivity contribution >= 4 is 5.69 Å². The molecule has 0 aliphatic carbocycles. The third kappa shape index (κ3) is 2.52. The van der Waals surface area contributed by atoms with E-state index in [1.165, 1.54) is 0 Å². The minimum atomic E-state index is 0.319. The molecule has 0 spiro atoms. The molecule has 2 aromatic heterocycles. The monoisotopic (exact) mass is 265 g/mol. The second-order valence-corrected chi connectivity index (χ2v) is 4.15. The third-order valence-corrected chi connectivity index (χ3v) is 2.80. The Morgan fingerprint density at radius 2 is 2.05 bits per heavy atom. The van der Waals surface area contributed by atoms with Gasteiger partial charge in [0, 0.05) is 5.69 Å². The minimum Gasteiger partial charge on any atom is -0.449 e. The van der Waals surface area contributed by atoms with E-state index in [9.17, 15) is 0 Å². The van der Waals surface area contributed by atoms with E-state index in [4.69, 9.17) is 9.68 Å². The molecule has 0 saturated carbocycles. The molecule has 3 rings (SSSR count). The number of aromatic nitrogens is 3. The maximum Gasteiger partial charge on any atom is 0.203 e. The lowest BCUT2D eigenvalue weighted by Gasteiger charge is -2.07. The molecule has 0 amide bonds. The van der Waals surface area contributed by atoms with Gasteiger partial charge < -0.3 is 9.73 Å². The average molecular weight is 265 g/mol. The maximum absolute atomic E-state index is 8.70. The van der Waals surface area contributed by atoms with Gasteiger partial charge in [0.25, 0.3) is 0 Å². The van der Waals surface area contributed by atoms with Gasteiger partial charge in [0.05, 0.1) is 12.2 Å². The first-order chi connectivity index (χ1) is 9.85. The fraction of sp³-hybridized carbons (Fsp3) is 0.0714. The van der Waals surface area contributed by atoms with Gasteiger partial charge in [-0.1, -0.05) is 6.07 Å². The van der Waals surface area contributed by atoms with Gasteiger partial charge in [-0.15, -0.1) is 10.2 Å². The number of nitrogens with one attached hydrogen (secondary N) is 1. The molecule has 3 aromatic rings. The van der Waals surface area contributed by atoms with Crippen LogP contribution < -0.4 is 5.32 Å². The van der Waals surface area contributed by atoms with Gasteiger partial charge >= 0.3 is 0 Å². The fourth-order valence-corrected chi connectivity index (χ4v) is 1.83. The van der Waals surface area contributed by atoms with Gasteiger partial charge in [0.2, 0.25) is 5.76 Å². The first-order valence-electron chi connectivity index (χ1n) is 6.03. The molecule has 1 aromatic carbocycles. The lowest BCUT2D eigenvalue weighted by Crippen LogP contribution is -1.99. The molecule has 0 unspecified atom stereocenters. The lowest BCUT2D eigenvalue weighted by atomic mass is 10.2. The van der Waals surface area contributed by atoms with E-state index in [0.717, 1.165) is 17.1 Å². The Morgan fingerprint density at radius 1 is 1.20 bits per heavy atom. The lowest BCUT2D eigenvalue weighted by molar-refractivity contribution is 0.506. The van der Waals surface area contributed by atoms with Crippen molar-refractivity contribution < 1.29 is 4.42 Å². The van der Waals surface area contributed by atoms with E-state index < -0.39 is 0 Å². The van der Waals surface area contributed by atoms with Crippen molar-refractivity contribution in [2.45, 2.75) is 6.54 Å². The van der Waals surface area contributed by atoms with E-state index in [2.05, 4.69) is 15.5 Å². The zero-order valence-corrected chi connectivity index (χ0v) is 10.5. The third-order valence-electron chi connectivity index (χ3n) is 2.80. The summed E-state index contributed by atoms with van der Waals surface area (Å²) in [5.74, 6) is 1.04. The van der Waals surface area contributed by atoms with E-state index >= 15 is 0 Å². The van der Waals surface area contributed by atoms with Gasteiger partial charge in [0.15, 0.2) is 0 Å². The number of furan rings is 1. The smallest absolute Gasteiger partial charge is 0.203 e. The predicted octanol–water partition coefficient (Wildman–Crippen LogP) is 2.34. The van der Waals surface area contributed by atoms with Crippen LogP contribution in [0.25, 0.3) is 5.69 Å². The van der Waals surface area contributed by atoms with Crippen molar-refractivity contribution in [2.24, 2.45) is 0 Å². The Labute approximate surface area is 115 Å². The number of rotatable bonds is 4. The van der Waals surface area contributed by atoms with Gasteiger partial charge in [-0.05, 0) is 30.3 Å². The van der Waals surface area contributed by atoms with Crippen LogP contribution in [-0.4, -0.2) is 14.8 Å². The number of nitrogens with zero attached hydrogens (tertiary/aromatic N) is 4. The molecule has 0 fully saturated rings. The topological polar surface area (TPSA) is 79.7 Å². The van der Waals surface area contributed by atoms with Crippen molar-refractivity contribution in [3.63, 3.8) is 0 Å². The highest BCUT2D eigenvalue weighted by molar-refractivity contribution is 5.51. The second-order valence-electron chi connectivity index (χ2n) is 4.15. The molecule has 1 N–H and O–H groups in total. The van der Waals surface area contributed by atoms with Crippen LogP contribution in [0.2, 0.25) is 0 Å². The van der Waals surface area contributed by atoms with Gasteiger partial charge in [0.1, 0.15) is 24.5 Å². The summed E-state index contributed by atoms with van der Waals surface area (Å²) in [5.41, 5.74) is 1.92. The van der Waals surface area contributed by atoms with Crippen molar-refractivity contribution in [2.75, 3.05) is 5.32 Å². The molecular formula is C14H11N5O. The van der Waals surface area contributed by atoms with E-state index in [0.29, 0.717) is 12.3 Å². The number of hydrogen-bond acceptors (Lipinski definition) is 5. The Balaban J connectivity index is 1.72. The second kappa shape index (κ2) is 5.28. The highest BCUT2D eigenvalue weighted by Crippen LogP contribution is 2.15. The summed E-state index contributed by atoms with van der Waals surface area (Å²) in [6.07, 6.45) is 3.29. The summed E-state index contributed by atoms with van der Waals surface area (Å²) in [4.78, 5) is 0. The minimum absolute atomic E-state index is 0.319. The number of anilines is 1. The van der Waals surface area contributed by atoms with Crippen LogP contribution in [-0.2, 0) is 6.54 Å². The average Bonchev–Trinajstić information content (AvgIpc) is 3.17. The molecule has 98 valence electrons. The molecule has 0 radical (unpaired) electrons. The Morgan fingerprint density at radius 3 is 2.80 bits per heavy atom. The summed E-state index contributed by atoms with van der Waals surface area (Å²) >= 11 is 0. The van der Waals surface area contributed by atoms with Crippen LogP contribution in [0.4, 0.5) is 5.69 Å². The van der Waals surface area contributed by atoms with E-state index in [-0.39, 0.29) is 0 Å². The molecule has 6 nitrogen and oxygen atoms in total. The van der Waals surface area contributed by atoms with Crippen LogP contribution in [0.1, 0.15) is 11.5 Å². The largest absolute Gasteiger partial charge is 0.449 e. The summed E-state index contributed by atoms with van der Waals surface area (Å²) in [7, 11) is 0. The van der Waals surface area contributed by atoms with Crippen LogP contribution in [0.15, 0.2) is 53.5 Å². The molecule has 20 heavy (non-hydrogen) atoms. The Bertz CT molecular complexity index is 739. The Hall–Kier alpha value is -3.07. The van der Waals surface area contributed by atoms with Crippen molar-refractivity contribution in [1.29, 1.82) is 5.26 Å². The molecule has 6 heteroatoms. The molecule has 0 saturated heterocycles. The summed E-state index contributed by atoms with van der Waals surface area (Å²) in [6.45, 7) is 0.521. The molecule has 0 atom stereocenters. The fourth-order valence-electron chi connectivity index (χ4n) is 1.83. The number of hydrogen-bond donors (Lipinski definition) is 1. The van der Waals surface area contributed by atoms with E-state index in [1.54, 1.807) is 24.8 Å². The standard InChI is InChI=1S/C14H11N5O/c15-7-13-4-5-14(20-13)8-16-11-2-1-3-12(6-11)19-9-17-18-10-19/h1-6,9-10,16H,8H2. The summed E-state index contributed by atoms with van der Waals surface area (Å²) in [5, 5.41) is 19.5. The predicted molar refractivity (Wildman–Crippen MR) is 72.1 cm³/mol. The molecule has 0 bridgehead atoms. The van der Waals surface area contributed by atoms with Crippen LogP contribution >= 0.6 is 0 Å². The number of benzene rings is 1. The van der Waals surface area contributed by atoms with Crippen LogP contribution in [0, 0.1) is 11.3 Å². The molecule has 2 heterocycles. The summed E-state index contributed by atoms with van der Waals surface area (Å²) in [6, 6.07) is 13.3. The van der Waals surface area contributed by atoms with Crippen LogP contribution in [0.3, 0.4) is 0 Å². The van der Waals surface area contributed by atoms with E-state index in [1.807, 2.05) is 34.9 Å². The normalized spacial score (nSPS) is 10.2. The van der Waals surface area contributed by atoms with Gasteiger partial charge in [-0.3, -0.25) is 4.57 Å². The number of nitriles is 1. The first kappa shape index (κ1) is 12.0. The SMILES string of the molecule is N#Cc1ccc(CNc2cccc(-n3cnnc3)c2)o1. The van der Waals surface area contributed by atoms with Crippen molar-refractivity contribution in [1.82, 2.24) is 14.8 Å². The Kier molecular flexibility index (Phi) is 3.17. The van der Waals surface area contributed by atoms with Crippen molar-refractivity contribution in [3.8, 4) is 11.8 Å². The summed E-state index contributed by atoms with van der Waals surface area (Å²) < 4.78 is 7.13. The van der Waals surface area contributed by atoms with Gasteiger partial charge in [-0.2, -0.15) is 5.26 Å². The first-order valence-corrected chi connectivity index (χ1v) is 6.03. The molecule has 0 aliphatic rings. The maximum atomic E-state index is 8.70. The van der Waals surface area contributed by atoms with Gasteiger partial charge in [-0.25, -0.2) is 0 Å². The quantitative estimate of drug-likeness (QED) is 0.783. The highest BCUT2D eigenvalue weighted by atomic mass is 16.3. The van der Waals surface area contributed by atoms with Crippen molar-refractivity contribution in [3.05, 3.63) is 60.6 Å². The molecule has 0 aliphatic heterocycles. The highest BCUT2D eigenvalue weighted by Gasteiger charge is 2.02. The zero-order chi connectivity index (χ0) is 13.8. The molecular weight excluding hydrogens is 254 g/mol. The zero-order valence-electron chi connectivity index (χ0n) is 10.5. The van der Waals surface area contributed by atoms with Crippen LogP contribution in [0.5, 0.6) is 0 Å².